The quantitative estimate of drug-likeness (QED) is 0.874. The Morgan fingerprint density at radius 2 is 1.95 bits per heavy atom. The first-order chi connectivity index (χ1) is 10.1. The van der Waals surface area contributed by atoms with Crippen LogP contribution in [0.25, 0.3) is 0 Å². The number of carbonyl (C=O) groups is 1. The summed E-state index contributed by atoms with van der Waals surface area (Å²) in [6.07, 6.45) is 3.22. The summed E-state index contributed by atoms with van der Waals surface area (Å²) in [5, 5.41) is 2.88. The molecule has 0 spiro atoms. The van der Waals surface area contributed by atoms with Gasteiger partial charge in [0.25, 0.3) is 5.91 Å². The molecular formula is C16H23FN2O2. The fourth-order valence-electron chi connectivity index (χ4n) is 2.43. The van der Waals surface area contributed by atoms with Crippen LogP contribution in [-0.2, 0) is 4.79 Å². The van der Waals surface area contributed by atoms with E-state index in [1.54, 1.807) is 6.92 Å². The molecule has 1 aliphatic heterocycles. The van der Waals surface area contributed by atoms with E-state index in [0.29, 0.717) is 12.3 Å². The summed E-state index contributed by atoms with van der Waals surface area (Å²) in [6.45, 7) is 5.46. The number of piperidine rings is 1. The predicted molar refractivity (Wildman–Crippen MR) is 79.8 cm³/mol. The molecule has 4 nitrogen and oxygen atoms in total. The first-order valence-corrected chi connectivity index (χ1v) is 7.57. The number of likely N-dealkylation sites (tertiary alicyclic amines) is 1. The molecule has 1 aromatic carbocycles. The van der Waals surface area contributed by atoms with E-state index < -0.39 is 6.10 Å². The normalized spacial score (nSPS) is 17.2. The molecule has 1 N–H and O–H groups in total. The van der Waals surface area contributed by atoms with Gasteiger partial charge in [-0.1, -0.05) is 6.42 Å². The number of amides is 1. The molecule has 0 radical (unpaired) electrons. The molecule has 0 aromatic heterocycles. The van der Waals surface area contributed by atoms with Crippen LogP contribution < -0.4 is 10.1 Å². The maximum Gasteiger partial charge on any atom is 0.260 e. The molecule has 1 unspecified atom stereocenters. The zero-order valence-electron chi connectivity index (χ0n) is 12.5. The lowest BCUT2D eigenvalue weighted by Gasteiger charge is -2.26. The van der Waals surface area contributed by atoms with Crippen LogP contribution in [-0.4, -0.2) is 43.1 Å². The zero-order chi connectivity index (χ0) is 15.1. The Morgan fingerprint density at radius 1 is 1.29 bits per heavy atom. The highest BCUT2D eigenvalue weighted by Crippen LogP contribution is 2.13. The Balaban J connectivity index is 1.68. The molecule has 21 heavy (non-hydrogen) atoms. The van der Waals surface area contributed by atoms with Crippen molar-refractivity contribution in [2.24, 2.45) is 0 Å². The summed E-state index contributed by atoms with van der Waals surface area (Å²) < 4.78 is 18.3. The summed E-state index contributed by atoms with van der Waals surface area (Å²) in [4.78, 5) is 14.3. The minimum atomic E-state index is -0.586. The minimum Gasteiger partial charge on any atom is -0.481 e. The van der Waals surface area contributed by atoms with Gasteiger partial charge in [0, 0.05) is 13.1 Å². The molecule has 1 amide bonds. The third kappa shape index (κ3) is 5.34. The van der Waals surface area contributed by atoms with Crippen molar-refractivity contribution in [1.29, 1.82) is 0 Å². The van der Waals surface area contributed by atoms with E-state index in [1.165, 1.54) is 43.5 Å². The Bertz CT molecular complexity index is 444. The molecule has 0 aliphatic carbocycles. The molecule has 1 saturated heterocycles. The first-order valence-electron chi connectivity index (χ1n) is 7.57. The fraction of sp³-hybridized carbons (Fsp3) is 0.562. The second-order valence-corrected chi connectivity index (χ2v) is 5.41. The van der Waals surface area contributed by atoms with Crippen molar-refractivity contribution in [3.8, 4) is 5.75 Å². The second kappa shape index (κ2) is 7.98. The number of benzene rings is 1. The molecule has 0 saturated carbocycles. The minimum absolute atomic E-state index is 0.142. The molecule has 116 valence electrons. The molecule has 5 heteroatoms. The van der Waals surface area contributed by atoms with Gasteiger partial charge in [0.15, 0.2) is 6.10 Å². The average Bonchev–Trinajstić information content (AvgIpc) is 2.50. The molecule has 1 aromatic rings. The number of carbonyl (C=O) groups excluding carboxylic acids is 1. The van der Waals surface area contributed by atoms with Gasteiger partial charge < -0.3 is 15.0 Å². The largest absolute Gasteiger partial charge is 0.481 e. The van der Waals surface area contributed by atoms with Gasteiger partial charge in [-0.25, -0.2) is 4.39 Å². The molecule has 0 bridgehead atoms. The molecular weight excluding hydrogens is 271 g/mol. The number of rotatable bonds is 6. The molecule has 1 fully saturated rings. The summed E-state index contributed by atoms with van der Waals surface area (Å²) >= 11 is 0. The molecule has 1 heterocycles. The lowest BCUT2D eigenvalue weighted by Crippen LogP contribution is -2.42. The Kier molecular flexibility index (Phi) is 5.99. The fourth-order valence-corrected chi connectivity index (χ4v) is 2.43. The summed E-state index contributed by atoms with van der Waals surface area (Å²) in [6, 6.07) is 5.67. The van der Waals surface area contributed by atoms with Crippen molar-refractivity contribution in [3.63, 3.8) is 0 Å². The summed E-state index contributed by atoms with van der Waals surface area (Å²) in [5.74, 6) is 0.0346. The number of ether oxygens (including phenoxy) is 1. The van der Waals surface area contributed by atoms with Crippen LogP contribution in [0.1, 0.15) is 26.2 Å². The number of halogens is 1. The van der Waals surface area contributed by atoms with Crippen molar-refractivity contribution in [2.75, 3.05) is 26.2 Å². The van der Waals surface area contributed by atoms with E-state index in [0.717, 1.165) is 19.6 Å². The van der Waals surface area contributed by atoms with Gasteiger partial charge in [-0.15, -0.1) is 0 Å². The van der Waals surface area contributed by atoms with Gasteiger partial charge in [-0.2, -0.15) is 0 Å². The zero-order valence-corrected chi connectivity index (χ0v) is 12.5. The van der Waals surface area contributed by atoms with Gasteiger partial charge in [-0.05, 0) is 57.1 Å². The lowest BCUT2D eigenvalue weighted by molar-refractivity contribution is -0.127. The van der Waals surface area contributed by atoms with E-state index in [-0.39, 0.29) is 11.7 Å². The SMILES string of the molecule is CC(Oc1ccc(F)cc1)C(=O)NCCN1CCCCC1. The van der Waals surface area contributed by atoms with Crippen LogP contribution in [0.5, 0.6) is 5.75 Å². The highest BCUT2D eigenvalue weighted by molar-refractivity contribution is 5.80. The van der Waals surface area contributed by atoms with Crippen LogP contribution in [0.3, 0.4) is 0 Å². The highest BCUT2D eigenvalue weighted by Gasteiger charge is 2.15. The highest BCUT2D eigenvalue weighted by atomic mass is 19.1. The molecule has 1 atom stereocenters. The predicted octanol–water partition coefficient (Wildman–Crippen LogP) is 2.20. The monoisotopic (exact) mass is 294 g/mol. The lowest BCUT2D eigenvalue weighted by atomic mass is 10.1. The standard InChI is InChI=1S/C16H23FN2O2/c1-13(21-15-7-5-14(17)6-8-15)16(20)18-9-12-19-10-3-2-4-11-19/h5-8,13H,2-4,9-12H2,1H3,(H,18,20). The number of hydrogen-bond donors (Lipinski definition) is 1. The third-order valence-corrected chi connectivity index (χ3v) is 3.67. The van der Waals surface area contributed by atoms with Gasteiger partial charge >= 0.3 is 0 Å². The number of nitrogens with one attached hydrogen (secondary N) is 1. The Morgan fingerprint density at radius 3 is 2.62 bits per heavy atom. The van der Waals surface area contributed by atoms with Crippen molar-refractivity contribution in [3.05, 3.63) is 30.1 Å². The summed E-state index contributed by atoms with van der Waals surface area (Å²) in [7, 11) is 0. The van der Waals surface area contributed by atoms with E-state index in [1.807, 2.05) is 0 Å². The van der Waals surface area contributed by atoms with Crippen LogP contribution >= 0.6 is 0 Å². The average molecular weight is 294 g/mol. The first kappa shape index (κ1) is 15.8. The van der Waals surface area contributed by atoms with Crippen LogP contribution in [0.2, 0.25) is 0 Å². The summed E-state index contributed by atoms with van der Waals surface area (Å²) in [5.41, 5.74) is 0. The van der Waals surface area contributed by atoms with Crippen LogP contribution in [0, 0.1) is 5.82 Å². The third-order valence-electron chi connectivity index (χ3n) is 3.67. The van der Waals surface area contributed by atoms with Crippen molar-refractivity contribution in [2.45, 2.75) is 32.3 Å². The maximum atomic E-state index is 12.8. The maximum absolute atomic E-state index is 12.8. The van der Waals surface area contributed by atoms with Crippen molar-refractivity contribution < 1.29 is 13.9 Å². The van der Waals surface area contributed by atoms with Gasteiger partial charge in [0.2, 0.25) is 0 Å². The molecule has 2 rings (SSSR count). The van der Waals surface area contributed by atoms with Gasteiger partial charge in [-0.3, -0.25) is 4.79 Å². The smallest absolute Gasteiger partial charge is 0.260 e. The van der Waals surface area contributed by atoms with Gasteiger partial charge in [0.05, 0.1) is 0 Å². The Labute approximate surface area is 125 Å². The number of nitrogens with zero attached hydrogens (tertiary/aromatic N) is 1. The van der Waals surface area contributed by atoms with E-state index >= 15 is 0 Å². The van der Waals surface area contributed by atoms with Crippen molar-refractivity contribution >= 4 is 5.91 Å². The molecule has 1 aliphatic rings. The van der Waals surface area contributed by atoms with E-state index in [4.69, 9.17) is 4.74 Å². The van der Waals surface area contributed by atoms with Gasteiger partial charge in [0.1, 0.15) is 11.6 Å². The van der Waals surface area contributed by atoms with Crippen LogP contribution in [0.4, 0.5) is 4.39 Å². The van der Waals surface area contributed by atoms with Crippen molar-refractivity contribution in [1.82, 2.24) is 10.2 Å². The topological polar surface area (TPSA) is 41.6 Å². The van der Waals surface area contributed by atoms with E-state index in [9.17, 15) is 9.18 Å². The van der Waals surface area contributed by atoms with E-state index in [2.05, 4.69) is 10.2 Å². The second-order valence-electron chi connectivity index (χ2n) is 5.41. The number of hydrogen-bond acceptors (Lipinski definition) is 3. The Hall–Kier alpha value is -1.62. The van der Waals surface area contributed by atoms with Crippen LogP contribution in [0.15, 0.2) is 24.3 Å².